The minimum absolute atomic E-state index is 0.0822. The molecule has 2 aliphatic rings. The van der Waals surface area contributed by atoms with Gasteiger partial charge in [0.2, 0.25) is 0 Å². The van der Waals surface area contributed by atoms with Gasteiger partial charge in [0.1, 0.15) is 0 Å². The summed E-state index contributed by atoms with van der Waals surface area (Å²) in [7, 11) is 0. The van der Waals surface area contributed by atoms with Gasteiger partial charge in [-0.15, -0.1) is 0 Å². The second kappa shape index (κ2) is 4.05. The highest BCUT2D eigenvalue weighted by atomic mass is 32.1. The van der Waals surface area contributed by atoms with E-state index in [1.807, 2.05) is 6.92 Å². The normalized spacial score (nSPS) is 32.9. The van der Waals surface area contributed by atoms with Crippen LogP contribution in [-0.4, -0.2) is 27.4 Å². The summed E-state index contributed by atoms with van der Waals surface area (Å²) in [5.41, 5.74) is 0.635. The zero-order valence-electron chi connectivity index (χ0n) is 9.92. The van der Waals surface area contributed by atoms with Crippen LogP contribution in [0.25, 0.3) is 0 Å². The first kappa shape index (κ1) is 11.6. The standard InChI is InChI=1S/C12H14N2O3S/c1-5-9(4-13-18-5)11(15)14-10-3-7(10)6-2-8(6)12(16)17/h4,6-8,10H,2-3H2,1H3,(H,14,15)(H,16,17)/t6-,7+,8-,10+/m0/s1. The summed E-state index contributed by atoms with van der Waals surface area (Å²) >= 11 is 1.32. The van der Waals surface area contributed by atoms with Crippen LogP contribution in [0, 0.1) is 24.7 Å². The van der Waals surface area contributed by atoms with E-state index in [0.29, 0.717) is 11.5 Å². The first-order valence-electron chi connectivity index (χ1n) is 6.03. The van der Waals surface area contributed by atoms with Gasteiger partial charge in [-0.3, -0.25) is 9.59 Å². The lowest BCUT2D eigenvalue weighted by atomic mass is 10.2. The molecule has 1 amide bonds. The number of rotatable bonds is 4. The van der Waals surface area contributed by atoms with Crippen molar-refractivity contribution in [3.8, 4) is 0 Å². The summed E-state index contributed by atoms with van der Waals surface area (Å²) in [6.07, 6.45) is 3.27. The van der Waals surface area contributed by atoms with Crippen LogP contribution in [0.2, 0.25) is 0 Å². The fraction of sp³-hybridized carbons (Fsp3) is 0.583. The van der Waals surface area contributed by atoms with Crippen molar-refractivity contribution in [2.75, 3.05) is 0 Å². The van der Waals surface area contributed by atoms with E-state index in [1.54, 1.807) is 6.20 Å². The van der Waals surface area contributed by atoms with Crippen LogP contribution in [-0.2, 0) is 4.79 Å². The Balaban J connectivity index is 1.53. The lowest BCUT2D eigenvalue weighted by Gasteiger charge is -2.03. The van der Waals surface area contributed by atoms with Crippen LogP contribution >= 0.6 is 11.5 Å². The van der Waals surface area contributed by atoms with Gasteiger partial charge in [-0.1, -0.05) is 0 Å². The number of aryl methyl sites for hydroxylation is 1. The quantitative estimate of drug-likeness (QED) is 0.860. The van der Waals surface area contributed by atoms with Gasteiger partial charge in [-0.05, 0) is 43.1 Å². The average Bonchev–Trinajstić information content (AvgIpc) is 3.17. The highest BCUT2D eigenvalue weighted by Crippen LogP contribution is 2.54. The molecule has 2 N–H and O–H groups in total. The van der Waals surface area contributed by atoms with Gasteiger partial charge >= 0.3 is 5.97 Å². The third-order valence-corrected chi connectivity index (χ3v) is 4.56. The van der Waals surface area contributed by atoms with Crippen molar-refractivity contribution in [2.45, 2.75) is 25.8 Å². The number of aliphatic carboxylic acids is 1. The first-order valence-corrected chi connectivity index (χ1v) is 6.80. The molecule has 0 saturated heterocycles. The highest BCUT2D eigenvalue weighted by molar-refractivity contribution is 7.06. The van der Waals surface area contributed by atoms with Crippen molar-refractivity contribution in [2.24, 2.45) is 17.8 Å². The van der Waals surface area contributed by atoms with E-state index < -0.39 is 5.97 Å². The lowest BCUT2D eigenvalue weighted by Crippen LogP contribution is -2.27. The number of nitrogens with zero attached hydrogens (tertiary/aromatic N) is 1. The fourth-order valence-corrected chi connectivity index (χ4v) is 3.15. The van der Waals surface area contributed by atoms with E-state index >= 15 is 0 Å². The number of aromatic nitrogens is 1. The number of carboxylic acids is 1. The Hall–Kier alpha value is -1.43. The average molecular weight is 266 g/mol. The van der Waals surface area contributed by atoms with E-state index in [0.717, 1.165) is 17.7 Å². The SMILES string of the molecule is Cc1sncc1C(=O)N[C@@H]1C[C@@H]1[C@@H]1C[C@@H]1C(=O)O. The number of amides is 1. The lowest BCUT2D eigenvalue weighted by molar-refractivity contribution is -0.138. The predicted octanol–water partition coefficient (Wildman–Crippen LogP) is 1.29. The molecular formula is C12H14N2O3S. The molecule has 18 heavy (non-hydrogen) atoms. The molecule has 1 heterocycles. The Bertz CT molecular complexity index is 513. The number of nitrogens with one attached hydrogen (secondary N) is 1. The summed E-state index contributed by atoms with van der Waals surface area (Å²) in [5, 5.41) is 11.8. The van der Waals surface area contributed by atoms with E-state index in [1.165, 1.54) is 11.5 Å². The molecule has 6 heteroatoms. The zero-order chi connectivity index (χ0) is 12.9. The summed E-state index contributed by atoms with van der Waals surface area (Å²) in [5.74, 6) is -0.325. The van der Waals surface area contributed by atoms with Gasteiger partial charge in [-0.2, -0.15) is 0 Å². The highest BCUT2D eigenvalue weighted by Gasteiger charge is 2.56. The van der Waals surface area contributed by atoms with Gasteiger partial charge in [-0.25, -0.2) is 4.37 Å². The number of carbonyl (C=O) groups excluding carboxylic acids is 1. The van der Waals surface area contributed by atoms with Crippen LogP contribution in [0.15, 0.2) is 6.20 Å². The van der Waals surface area contributed by atoms with Gasteiger partial charge in [0.25, 0.3) is 5.91 Å². The molecule has 4 atom stereocenters. The molecule has 0 radical (unpaired) electrons. The van der Waals surface area contributed by atoms with E-state index in [2.05, 4.69) is 9.69 Å². The number of carboxylic acid groups (broad SMARTS) is 1. The summed E-state index contributed by atoms with van der Waals surface area (Å²) in [6.45, 7) is 1.87. The maximum atomic E-state index is 11.9. The summed E-state index contributed by atoms with van der Waals surface area (Å²) < 4.78 is 3.98. The van der Waals surface area contributed by atoms with Gasteiger partial charge in [0, 0.05) is 10.9 Å². The Morgan fingerprint density at radius 2 is 2.22 bits per heavy atom. The molecule has 0 aromatic carbocycles. The van der Waals surface area contributed by atoms with Crippen LogP contribution in [0.1, 0.15) is 28.1 Å². The first-order chi connectivity index (χ1) is 8.58. The van der Waals surface area contributed by atoms with E-state index in [4.69, 9.17) is 5.11 Å². The Labute approximate surface area is 108 Å². The molecule has 2 fully saturated rings. The van der Waals surface area contributed by atoms with Crippen LogP contribution in [0.3, 0.4) is 0 Å². The zero-order valence-corrected chi connectivity index (χ0v) is 10.7. The molecule has 2 saturated carbocycles. The smallest absolute Gasteiger partial charge is 0.306 e. The Morgan fingerprint density at radius 3 is 2.78 bits per heavy atom. The molecular weight excluding hydrogens is 252 g/mol. The molecule has 0 spiro atoms. The van der Waals surface area contributed by atoms with Crippen LogP contribution in [0.5, 0.6) is 0 Å². The molecule has 3 rings (SSSR count). The predicted molar refractivity (Wildman–Crippen MR) is 65.4 cm³/mol. The molecule has 1 aromatic heterocycles. The largest absolute Gasteiger partial charge is 0.481 e. The molecule has 5 nitrogen and oxygen atoms in total. The third kappa shape index (κ3) is 2.01. The van der Waals surface area contributed by atoms with Gasteiger partial charge in [0.05, 0.1) is 17.7 Å². The van der Waals surface area contributed by atoms with Crippen molar-refractivity contribution in [3.63, 3.8) is 0 Å². The fourth-order valence-electron chi connectivity index (χ4n) is 2.59. The number of hydrogen-bond donors (Lipinski definition) is 2. The Morgan fingerprint density at radius 1 is 1.44 bits per heavy atom. The van der Waals surface area contributed by atoms with Gasteiger partial charge < -0.3 is 10.4 Å². The molecule has 96 valence electrons. The number of carbonyl (C=O) groups is 2. The number of hydrogen-bond acceptors (Lipinski definition) is 4. The molecule has 0 bridgehead atoms. The Kier molecular flexibility index (Phi) is 2.62. The minimum Gasteiger partial charge on any atom is -0.481 e. The molecule has 0 aliphatic heterocycles. The van der Waals surface area contributed by atoms with Crippen molar-refractivity contribution in [3.05, 3.63) is 16.6 Å². The van der Waals surface area contributed by atoms with Gasteiger partial charge in [0.15, 0.2) is 0 Å². The van der Waals surface area contributed by atoms with Crippen molar-refractivity contribution in [1.29, 1.82) is 0 Å². The summed E-state index contributed by atoms with van der Waals surface area (Å²) in [6, 6.07) is 0.158. The second-order valence-electron chi connectivity index (χ2n) is 5.12. The van der Waals surface area contributed by atoms with Crippen LogP contribution in [0.4, 0.5) is 0 Å². The minimum atomic E-state index is -0.699. The topological polar surface area (TPSA) is 79.3 Å². The van der Waals surface area contributed by atoms with Crippen molar-refractivity contribution < 1.29 is 14.7 Å². The third-order valence-electron chi connectivity index (χ3n) is 3.86. The second-order valence-corrected chi connectivity index (χ2v) is 6.13. The van der Waals surface area contributed by atoms with E-state index in [9.17, 15) is 9.59 Å². The summed E-state index contributed by atoms with van der Waals surface area (Å²) in [4.78, 5) is 23.6. The van der Waals surface area contributed by atoms with Crippen molar-refractivity contribution >= 4 is 23.4 Å². The maximum absolute atomic E-state index is 11.9. The monoisotopic (exact) mass is 266 g/mol. The molecule has 1 aromatic rings. The van der Waals surface area contributed by atoms with E-state index in [-0.39, 0.29) is 23.8 Å². The molecule has 0 unspecified atom stereocenters. The van der Waals surface area contributed by atoms with Crippen LogP contribution < -0.4 is 5.32 Å². The maximum Gasteiger partial charge on any atom is 0.306 e. The molecule has 2 aliphatic carbocycles. The van der Waals surface area contributed by atoms with Crippen molar-refractivity contribution in [1.82, 2.24) is 9.69 Å².